The molecule has 156 valence electrons. The Morgan fingerprint density at radius 2 is 0.962 bits per heavy atom. The number of aliphatic hydroxyl groups excluding tert-OH is 6. The van der Waals surface area contributed by atoms with E-state index in [-0.39, 0.29) is 13.2 Å². The van der Waals surface area contributed by atoms with E-state index >= 15 is 0 Å². The van der Waals surface area contributed by atoms with E-state index < -0.39 is 37.5 Å². The van der Waals surface area contributed by atoms with E-state index in [9.17, 15) is 30.6 Å². The van der Waals surface area contributed by atoms with E-state index in [0.29, 0.717) is 39.3 Å². The summed E-state index contributed by atoms with van der Waals surface area (Å²) in [6.07, 6.45) is -2.11. The minimum absolute atomic E-state index is 0.286. The van der Waals surface area contributed by atoms with Gasteiger partial charge in [-0.3, -0.25) is 9.80 Å². The minimum atomic E-state index is -1.06. The summed E-state index contributed by atoms with van der Waals surface area (Å²) in [5, 5.41) is 64.3. The number of nitrogens with one attached hydrogen (secondary N) is 2. The summed E-state index contributed by atoms with van der Waals surface area (Å²) in [6, 6.07) is -1.19. The summed E-state index contributed by atoms with van der Waals surface area (Å²) in [5.74, 6) is 0. The highest BCUT2D eigenvalue weighted by Gasteiger charge is 2.28. The third-order valence-electron chi connectivity index (χ3n) is 4.88. The van der Waals surface area contributed by atoms with E-state index in [2.05, 4.69) is 10.6 Å². The smallest absolute Gasteiger partial charge is 0.0947 e. The topological polar surface area (TPSA) is 152 Å². The van der Waals surface area contributed by atoms with Crippen LogP contribution in [0.15, 0.2) is 0 Å². The van der Waals surface area contributed by atoms with Crippen LogP contribution >= 0.6 is 0 Å². The monoisotopic (exact) mass is 380 g/mol. The molecule has 0 aliphatic carbocycles. The molecule has 10 nitrogen and oxygen atoms in total. The maximum atomic E-state index is 10.00. The van der Waals surface area contributed by atoms with Gasteiger partial charge in [0.05, 0.1) is 50.7 Å². The molecule has 0 aromatic carbocycles. The van der Waals surface area contributed by atoms with Crippen LogP contribution in [0, 0.1) is 0 Å². The van der Waals surface area contributed by atoms with Gasteiger partial charge in [0.1, 0.15) is 0 Å². The van der Waals surface area contributed by atoms with Crippen molar-refractivity contribution in [3.8, 4) is 0 Å². The molecule has 1 aliphatic rings. The number of hydrogen-bond donors (Lipinski definition) is 8. The fraction of sp³-hybridized carbons (Fsp3) is 1.00. The van der Waals surface area contributed by atoms with Gasteiger partial charge in [-0.15, -0.1) is 0 Å². The molecule has 0 aromatic rings. The average Bonchev–Trinajstić information content (AvgIpc) is 2.65. The molecule has 1 aliphatic heterocycles. The summed E-state index contributed by atoms with van der Waals surface area (Å²) < 4.78 is 0. The van der Waals surface area contributed by atoms with Crippen LogP contribution in [0.1, 0.15) is 0 Å². The zero-order valence-corrected chi connectivity index (χ0v) is 15.4. The standard InChI is InChI=1S/C16H36N4O6/c21-9-13(15(25)11-23)19-5-3-17-1-2-18-4-6-20(8-7-19)14(10-22)16(26)12-24/h13-18,21-26H,1-12H2/t13-,14+,15-,16+. The van der Waals surface area contributed by atoms with Crippen molar-refractivity contribution < 1.29 is 30.6 Å². The SMILES string of the molecule is OC[C@@H](O)[C@@H](CO)N1CCNCCNCCN([C@@H](CO)[C@@H](O)CO)CC1. The first-order valence-electron chi connectivity index (χ1n) is 9.28. The molecule has 0 unspecified atom stereocenters. The van der Waals surface area contributed by atoms with Gasteiger partial charge in [0.15, 0.2) is 0 Å². The maximum absolute atomic E-state index is 10.00. The van der Waals surface area contributed by atoms with Crippen molar-refractivity contribution >= 4 is 0 Å². The van der Waals surface area contributed by atoms with Gasteiger partial charge in [0, 0.05) is 52.4 Å². The fourth-order valence-electron chi connectivity index (χ4n) is 3.22. The molecule has 8 N–H and O–H groups in total. The van der Waals surface area contributed by atoms with Gasteiger partial charge < -0.3 is 41.3 Å². The molecule has 0 aromatic heterocycles. The van der Waals surface area contributed by atoms with Crippen molar-refractivity contribution in [2.24, 2.45) is 0 Å². The summed E-state index contributed by atoms with van der Waals surface area (Å²) in [4.78, 5) is 3.80. The van der Waals surface area contributed by atoms with Crippen LogP contribution in [0.5, 0.6) is 0 Å². The molecule has 26 heavy (non-hydrogen) atoms. The van der Waals surface area contributed by atoms with Crippen molar-refractivity contribution in [1.82, 2.24) is 20.4 Å². The molecular formula is C16H36N4O6. The lowest BCUT2D eigenvalue weighted by atomic mass is 10.1. The van der Waals surface area contributed by atoms with Crippen LogP contribution in [0.4, 0.5) is 0 Å². The fourth-order valence-corrected chi connectivity index (χ4v) is 3.22. The lowest BCUT2D eigenvalue weighted by Crippen LogP contribution is -2.56. The van der Waals surface area contributed by atoms with Gasteiger partial charge in [-0.2, -0.15) is 0 Å². The van der Waals surface area contributed by atoms with Gasteiger partial charge >= 0.3 is 0 Å². The third-order valence-corrected chi connectivity index (χ3v) is 4.88. The third kappa shape index (κ3) is 7.69. The van der Waals surface area contributed by atoms with Gasteiger partial charge in [0.2, 0.25) is 0 Å². The van der Waals surface area contributed by atoms with Gasteiger partial charge in [-0.25, -0.2) is 0 Å². The number of rotatable bonds is 8. The number of nitrogens with zero attached hydrogens (tertiary/aromatic N) is 2. The van der Waals surface area contributed by atoms with Crippen molar-refractivity contribution in [3.05, 3.63) is 0 Å². The second kappa shape index (κ2) is 13.7. The molecule has 0 amide bonds. The quantitative estimate of drug-likeness (QED) is 0.206. The van der Waals surface area contributed by atoms with Crippen LogP contribution in [0.3, 0.4) is 0 Å². The maximum Gasteiger partial charge on any atom is 0.0947 e. The summed E-state index contributed by atoms with van der Waals surface area (Å²) in [5.41, 5.74) is 0. The molecule has 4 atom stereocenters. The molecule has 1 fully saturated rings. The zero-order valence-electron chi connectivity index (χ0n) is 15.4. The second-order valence-corrected chi connectivity index (χ2v) is 6.57. The number of aliphatic hydroxyl groups is 6. The van der Waals surface area contributed by atoms with Crippen molar-refractivity contribution in [2.45, 2.75) is 24.3 Å². The van der Waals surface area contributed by atoms with Crippen LogP contribution in [0.25, 0.3) is 0 Å². The molecule has 1 saturated heterocycles. The average molecular weight is 380 g/mol. The summed E-state index contributed by atoms with van der Waals surface area (Å²) in [6.45, 7) is 3.50. The van der Waals surface area contributed by atoms with Crippen molar-refractivity contribution in [1.29, 1.82) is 0 Å². The zero-order chi connectivity index (χ0) is 19.4. The molecular weight excluding hydrogens is 344 g/mol. The largest absolute Gasteiger partial charge is 0.395 e. The normalized spacial score (nSPS) is 24.2. The van der Waals surface area contributed by atoms with Crippen LogP contribution in [0.2, 0.25) is 0 Å². The predicted molar refractivity (Wildman–Crippen MR) is 96.8 cm³/mol. The first-order chi connectivity index (χ1) is 12.6. The highest BCUT2D eigenvalue weighted by atomic mass is 16.3. The van der Waals surface area contributed by atoms with Crippen LogP contribution in [-0.2, 0) is 0 Å². The predicted octanol–water partition coefficient (Wildman–Crippen LogP) is -4.79. The van der Waals surface area contributed by atoms with E-state index in [1.807, 2.05) is 9.80 Å². The Hall–Kier alpha value is -0.400. The summed E-state index contributed by atoms with van der Waals surface area (Å²) >= 11 is 0. The Morgan fingerprint density at radius 3 is 1.27 bits per heavy atom. The molecule has 0 bridgehead atoms. The van der Waals surface area contributed by atoms with Crippen LogP contribution in [-0.4, -0.2) is 144 Å². The minimum Gasteiger partial charge on any atom is -0.395 e. The highest BCUT2D eigenvalue weighted by molar-refractivity contribution is 4.83. The highest BCUT2D eigenvalue weighted by Crippen LogP contribution is 2.09. The molecule has 1 heterocycles. The first kappa shape index (κ1) is 23.6. The second-order valence-electron chi connectivity index (χ2n) is 6.57. The van der Waals surface area contributed by atoms with E-state index in [0.717, 1.165) is 13.1 Å². The molecule has 10 heteroatoms. The Morgan fingerprint density at radius 1 is 0.577 bits per heavy atom. The van der Waals surface area contributed by atoms with Gasteiger partial charge in [-0.1, -0.05) is 0 Å². The Bertz CT molecular complexity index is 323. The van der Waals surface area contributed by atoms with E-state index in [1.54, 1.807) is 0 Å². The molecule has 1 rings (SSSR count). The Balaban J connectivity index is 2.86. The lowest BCUT2D eigenvalue weighted by molar-refractivity contribution is -0.0332. The molecule has 0 saturated carbocycles. The van der Waals surface area contributed by atoms with Gasteiger partial charge in [-0.05, 0) is 0 Å². The van der Waals surface area contributed by atoms with E-state index in [1.165, 1.54) is 0 Å². The van der Waals surface area contributed by atoms with Crippen molar-refractivity contribution in [3.63, 3.8) is 0 Å². The van der Waals surface area contributed by atoms with Crippen molar-refractivity contribution in [2.75, 3.05) is 78.8 Å². The number of hydrogen-bond acceptors (Lipinski definition) is 10. The van der Waals surface area contributed by atoms with Crippen LogP contribution < -0.4 is 10.6 Å². The first-order valence-corrected chi connectivity index (χ1v) is 9.28. The Labute approximate surface area is 155 Å². The Kier molecular flexibility index (Phi) is 12.5. The van der Waals surface area contributed by atoms with E-state index in [4.69, 9.17) is 0 Å². The lowest BCUT2D eigenvalue weighted by Gasteiger charge is -2.38. The molecule has 0 spiro atoms. The van der Waals surface area contributed by atoms with Gasteiger partial charge in [0.25, 0.3) is 0 Å². The summed E-state index contributed by atoms with van der Waals surface area (Å²) in [7, 11) is 0. The molecule has 0 radical (unpaired) electrons.